The lowest BCUT2D eigenvalue weighted by atomic mass is 10.3. The molecule has 0 aliphatic rings. The molecule has 0 aromatic carbocycles. The highest BCUT2D eigenvalue weighted by atomic mass is 32.1. The molecule has 0 aromatic heterocycles. The summed E-state index contributed by atoms with van der Waals surface area (Å²) >= 11 is 5.17. The first-order valence-corrected chi connectivity index (χ1v) is 4.69. The van der Waals surface area contributed by atoms with Crippen molar-refractivity contribution in [3.8, 4) is 0 Å². The summed E-state index contributed by atoms with van der Waals surface area (Å²) in [5, 5.41) is 3.96. The molecule has 0 atom stereocenters. The second kappa shape index (κ2) is 6.00. The Hall–Kier alpha value is -0.570. The Morgan fingerprint density at radius 3 is 2.25 bits per heavy atom. The molecule has 0 bridgehead atoms. The van der Waals surface area contributed by atoms with Crippen LogP contribution in [0.2, 0.25) is 0 Å². The highest BCUT2D eigenvalue weighted by Crippen LogP contribution is 1.90. The predicted octanol–water partition coefficient (Wildman–Crippen LogP) is 1.78. The third kappa shape index (κ3) is 4.34. The van der Waals surface area contributed by atoms with Crippen molar-refractivity contribution in [3.05, 3.63) is 12.2 Å². The maximum Gasteiger partial charge on any atom is 0.169 e. The molecule has 0 heterocycles. The molecule has 0 spiro atoms. The van der Waals surface area contributed by atoms with Gasteiger partial charge >= 0.3 is 0 Å². The van der Waals surface area contributed by atoms with E-state index in [1.165, 1.54) is 0 Å². The van der Waals surface area contributed by atoms with Crippen molar-refractivity contribution >= 4 is 17.3 Å². The molecule has 0 aromatic rings. The van der Waals surface area contributed by atoms with E-state index < -0.39 is 0 Å². The van der Waals surface area contributed by atoms with Gasteiger partial charge in [0.05, 0.1) is 0 Å². The third-order valence-corrected chi connectivity index (χ3v) is 1.99. The van der Waals surface area contributed by atoms with E-state index >= 15 is 0 Å². The van der Waals surface area contributed by atoms with Crippen molar-refractivity contribution in [3.63, 3.8) is 0 Å². The van der Waals surface area contributed by atoms with Crippen LogP contribution in [0.15, 0.2) is 12.2 Å². The smallest absolute Gasteiger partial charge is 0.169 e. The third-order valence-electron chi connectivity index (χ3n) is 1.59. The van der Waals surface area contributed by atoms with Gasteiger partial charge in [-0.05, 0) is 33.0 Å². The van der Waals surface area contributed by atoms with Crippen LogP contribution in [0.5, 0.6) is 0 Å². The van der Waals surface area contributed by atoms with Gasteiger partial charge in [0.15, 0.2) is 5.11 Å². The molecular formula is C9H18N2S. The second-order valence-electron chi connectivity index (χ2n) is 2.79. The summed E-state index contributed by atoms with van der Waals surface area (Å²) in [6.07, 6.45) is 0. The zero-order chi connectivity index (χ0) is 9.56. The summed E-state index contributed by atoms with van der Waals surface area (Å²) in [5.74, 6) is 0. The first-order chi connectivity index (χ1) is 5.61. The Balaban J connectivity index is 3.77. The van der Waals surface area contributed by atoms with Gasteiger partial charge in [-0.2, -0.15) is 0 Å². The van der Waals surface area contributed by atoms with Crippen LogP contribution in [-0.2, 0) is 0 Å². The van der Waals surface area contributed by atoms with Crippen LogP contribution in [0, 0.1) is 0 Å². The zero-order valence-corrected chi connectivity index (χ0v) is 9.00. The maximum absolute atomic E-state index is 5.17. The normalized spacial score (nSPS) is 9.25. The molecule has 0 unspecified atom stereocenters. The Morgan fingerprint density at radius 2 is 1.92 bits per heavy atom. The van der Waals surface area contributed by atoms with Gasteiger partial charge in [-0.3, -0.25) is 0 Å². The van der Waals surface area contributed by atoms with E-state index in [-0.39, 0.29) is 0 Å². The molecule has 0 rings (SSSR count). The lowest BCUT2D eigenvalue weighted by Gasteiger charge is -2.22. The number of hydrogen-bond acceptors (Lipinski definition) is 1. The van der Waals surface area contributed by atoms with E-state index in [9.17, 15) is 0 Å². The van der Waals surface area contributed by atoms with Crippen molar-refractivity contribution in [1.29, 1.82) is 0 Å². The molecule has 0 radical (unpaired) electrons. The first-order valence-electron chi connectivity index (χ1n) is 4.29. The minimum Gasteiger partial charge on any atom is -0.359 e. The average Bonchev–Trinajstić information content (AvgIpc) is 2.03. The standard InChI is InChI=1S/C9H18N2S/c1-5-11(6-2)9(12)10-7-8(3)4/h3,5-7H2,1-2,4H3,(H,10,12). The van der Waals surface area contributed by atoms with Crippen LogP contribution in [0.4, 0.5) is 0 Å². The van der Waals surface area contributed by atoms with E-state index in [1.54, 1.807) is 0 Å². The first kappa shape index (κ1) is 11.4. The Labute approximate surface area is 80.6 Å². The van der Waals surface area contributed by atoms with Crippen LogP contribution in [-0.4, -0.2) is 29.6 Å². The van der Waals surface area contributed by atoms with E-state index in [4.69, 9.17) is 12.2 Å². The SMILES string of the molecule is C=C(C)CNC(=S)N(CC)CC. The van der Waals surface area contributed by atoms with E-state index in [1.807, 2.05) is 6.92 Å². The maximum atomic E-state index is 5.17. The summed E-state index contributed by atoms with van der Waals surface area (Å²) < 4.78 is 0. The van der Waals surface area contributed by atoms with Crippen molar-refractivity contribution in [2.24, 2.45) is 0 Å². The molecule has 0 amide bonds. The lowest BCUT2D eigenvalue weighted by molar-refractivity contribution is 0.458. The molecule has 1 N–H and O–H groups in total. The van der Waals surface area contributed by atoms with Gasteiger partial charge in [-0.25, -0.2) is 0 Å². The number of hydrogen-bond donors (Lipinski definition) is 1. The lowest BCUT2D eigenvalue weighted by Crippen LogP contribution is -2.39. The second-order valence-corrected chi connectivity index (χ2v) is 3.17. The van der Waals surface area contributed by atoms with Gasteiger partial charge in [0.25, 0.3) is 0 Å². The summed E-state index contributed by atoms with van der Waals surface area (Å²) in [4.78, 5) is 2.11. The highest BCUT2D eigenvalue weighted by Gasteiger charge is 2.02. The fraction of sp³-hybridized carbons (Fsp3) is 0.667. The Morgan fingerprint density at radius 1 is 1.42 bits per heavy atom. The van der Waals surface area contributed by atoms with Crippen LogP contribution in [0.25, 0.3) is 0 Å². The Bertz CT molecular complexity index is 162. The van der Waals surface area contributed by atoms with Crippen LogP contribution < -0.4 is 5.32 Å². The quantitative estimate of drug-likeness (QED) is 0.532. The molecule has 0 aliphatic carbocycles. The highest BCUT2D eigenvalue weighted by molar-refractivity contribution is 7.80. The monoisotopic (exact) mass is 186 g/mol. The van der Waals surface area contributed by atoms with Crippen LogP contribution >= 0.6 is 12.2 Å². The molecule has 0 saturated carbocycles. The van der Waals surface area contributed by atoms with E-state index in [2.05, 4.69) is 30.6 Å². The van der Waals surface area contributed by atoms with Crippen LogP contribution in [0.1, 0.15) is 20.8 Å². The van der Waals surface area contributed by atoms with E-state index in [0.717, 1.165) is 30.3 Å². The predicted molar refractivity (Wildman–Crippen MR) is 58.3 cm³/mol. The summed E-state index contributed by atoms with van der Waals surface area (Å²) in [6, 6.07) is 0. The summed E-state index contributed by atoms with van der Waals surface area (Å²) in [5.41, 5.74) is 1.10. The number of nitrogens with zero attached hydrogens (tertiary/aromatic N) is 1. The summed E-state index contributed by atoms with van der Waals surface area (Å²) in [6.45, 7) is 12.7. The number of rotatable bonds is 4. The van der Waals surface area contributed by atoms with Crippen molar-refractivity contribution < 1.29 is 0 Å². The molecular weight excluding hydrogens is 168 g/mol. The molecule has 0 fully saturated rings. The molecule has 12 heavy (non-hydrogen) atoms. The molecule has 2 nitrogen and oxygen atoms in total. The van der Waals surface area contributed by atoms with Gasteiger partial charge in [0.1, 0.15) is 0 Å². The van der Waals surface area contributed by atoms with Crippen molar-refractivity contribution in [2.75, 3.05) is 19.6 Å². The molecule has 0 saturated heterocycles. The largest absolute Gasteiger partial charge is 0.359 e. The zero-order valence-electron chi connectivity index (χ0n) is 8.18. The number of thiocarbonyl (C=S) groups is 1. The van der Waals surface area contributed by atoms with Crippen LogP contribution in [0.3, 0.4) is 0 Å². The van der Waals surface area contributed by atoms with Gasteiger partial charge in [-0.15, -0.1) is 0 Å². The minimum atomic E-state index is 0.773. The minimum absolute atomic E-state index is 0.773. The van der Waals surface area contributed by atoms with Gasteiger partial charge in [0, 0.05) is 19.6 Å². The topological polar surface area (TPSA) is 15.3 Å². The van der Waals surface area contributed by atoms with Gasteiger partial charge in [-0.1, -0.05) is 12.2 Å². The Kier molecular flexibility index (Phi) is 5.72. The van der Waals surface area contributed by atoms with Gasteiger partial charge < -0.3 is 10.2 Å². The number of nitrogens with one attached hydrogen (secondary N) is 1. The summed E-state index contributed by atoms with van der Waals surface area (Å²) in [7, 11) is 0. The van der Waals surface area contributed by atoms with Gasteiger partial charge in [0.2, 0.25) is 0 Å². The van der Waals surface area contributed by atoms with Crippen molar-refractivity contribution in [1.82, 2.24) is 10.2 Å². The fourth-order valence-electron chi connectivity index (χ4n) is 0.849. The van der Waals surface area contributed by atoms with Crippen molar-refractivity contribution in [2.45, 2.75) is 20.8 Å². The fourth-order valence-corrected chi connectivity index (χ4v) is 1.18. The molecule has 3 heteroatoms. The molecule has 0 aliphatic heterocycles. The molecule has 70 valence electrons. The van der Waals surface area contributed by atoms with E-state index in [0.29, 0.717) is 0 Å². The average molecular weight is 186 g/mol.